The SMILES string of the molecule is CC(Oc1c(Cl)cc(Cl)cc1CCN)C(=O)NC1CC1. The first kappa shape index (κ1) is 15.4. The third-order valence-electron chi connectivity index (χ3n) is 3.09. The Hall–Kier alpha value is -0.970. The van der Waals surface area contributed by atoms with Crippen LogP contribution in [-0.4, -0.2) is 24.6 Å². The maximum Gasteiger partial charge on any atom is 0.260 e. The lowest BCUT2D eigenvalue weighted by atomic mass is 10.1. The Balaban J connectivity index is 2.11. The van der Waals surface area contributed by atoms with Gasteiger partial charge in [-0.25, -0.2) is 0 Å². The maximum atomic E-state index is 11.9. The summed E-state index contributed by atoms with van der Waals surface area (Å²) in [5.41, 5.74) is 6.39. The molecule has 0 saturated heterocycles. The van der Waals surface area contributed by atoms with E-state index in [0.29, 0.717) is 34.8 Å². The fraction of sp³-hybridized carbons (Fsp3) is 0.500. The minimum atomic E-state index is -0.606. The number of nitrogens with one attached hydrogen (secondary N) is 1. The van der Waals surface area contributed by atoms with Gasteiger partial charge in [0.1, 0.15) is 5.75 Å². The van der Waals surface area contributed by atoms with E-state index in [-0.39, 0.29) is 5.91 Å². The van der Waals surface area contributed by atoms with Crippen LogP contribution in [0.15, 0.2) is 12.1 Å². The summed E-state index contributed by atoms with van der Waals surface area (Å²) in [7, 11) is 0. The van der Waals surface area contributed by atoms with Gasteiger partial charge in [0.15, 0.2) is 6.10 Å². The van der Waals surface area contributed by atoms with Crippen molar-refractivity contribution in [1.82, 2.24) is 5.32 Å². The number of halogens is 2. The molecule has 1 atom stereocenters. The molecule has 1 fully saturated rings. The summed E-state index contributed by atoms with van der Waals surface area (Å²) in [6, 6.07) is 3.67. The second kappa shape index (κ2) is 6.66. The van der Waals surface area contributed by atoms with Crippen molar-refractivity contribution in [3.63, 3.8) is 0 Å². The number of hydrogen-bond donors (Lipinski definition) is 2. The average molecular weight is 317 g/mol. The maximum absolute atomic E-state index is 11.9. The smallest absolute Gasteiger partial charge is 0.260 e. The summed E-state index contributed by atoms with van der Waals surface area (Å²) in [4.78, 5) is 11.9. The molecule has 0 bridgehead atoms. The number of rotatable bonds is 6. The number of amides is 1. The van der Waals surface area contributed by atoms with E-state index in [0.717, 1.165) is 18.4 Å². The molecule has 0 aliphatic heterocycles. The number of carbonyl (C=O) groups excluding carboxylic acids is 1. The second-order valence-electron chi connectivity index (χ2n) is 4.96. The zero-order chi connectivity index (χ0) is 14.7. The highest BCUT2D eigenvalue weighted by Crippen LogP contribution is 2.33. The van der Waals surface area contributed by atoms with Gasteiger partial charge in [0.25, 0.3) is 5.91 Å². The van der Waals surface area contributed by atoms with Gasteiger partial charge in [-0.15, -0.1) is 0 Å². The van der Waals surface area contributed by atoms with E-state index in [1.54, 1.807) is 19.1 Å². The highest BCUT2D eigenvalue weighted by molar-refractivity contribution is 6.35. The molecule has 1 saturated carbocycles. The fourth-order valence-electron chi connectivity index (χ4n) is 1.86. The monoisotopic (exact) mass is 316 g/mol. The molecule has 4 nitrogen and oxygen atoms in total. The van der Waals surface area contributed by atoms with Gasteiger partial charge in [0, 0.05) is 11.1 Å². The standard InChI is InChI=1S/C14H18Cl2N2O2/c1-8(14(19)18-11-2-3-11)20-13-9(4-5-17)6-10(15)7-12(13)16/h6-8,11H,2-5,17H2,1H3,(H,18,19). The van der Waals surface area contributed by atoms with Crippen LogP contribution >= 0.6 is 23.2 Å². The average Bonchev–Trinajstić information content (AvgIpc) is 3.17. The fourth-order valence-corrected chi connectivity index (χ4v) is 2.44. The van der Waals surface area contributed by atoms with Crippen molar-refractivity contribution >= 4 is 29.1 Å². The van der Waals surface area contributed by atoms with Crippen molar-refractivity contribution < 1.29 is 9.53 Å². The zero-order valence-electron chi connectivity index (χ0n) is 11.3. The molecular weight excluding hydrogens is 299 g/mol. The number of hydrogen-bond acceptors (Lipinski definition) is 3. The predicted molar refractivity (Wildman–Crippen MR) is 80.5 cm³/mol. The summed E-state index contributed by atoms with van der Waals surface area (Å²) in [5.74, 6) is 0.358. The van der Waals surface area contributed by atoms with E-state index < -0.39 is 6.10 Å². The lowest BCUT2D eigenvalue weighted by Gasteiger charge is -2.18. The van der Waals surface area contributed by atoms with Crippen LogP contribution in [0, 0.1) is 0 Å². The van der Waals surface area contributed by atoms with E-state index >= 15 is 0 Å². The minimum absolute atomic E-state index is 0.128. The third kappa shape index (κ3) is 4.01. The minimum Gasteiger partial charge on any atom is -0.479 e. The molecule has 3 N–H and O–H groups in total. The van der Waals surface area contributed by atoms with E-state index in [1.807, 2.05) is 0 Å². The first-order valence-corrected chi connectivity index (χ1v) is 7.42. The predicted octanol–water partition coefficient (Wildman–Crippen LogP) is 2.54. The molecule has 1 aliphatic rings. The lowest BCUT2D eigenvalue weighted by Crippen LogP contribution is -2.37. The number of nitrogens with two attached hydrogens (primary N) is 1. The van der Waals surface area contributed by atoms with Crippen molar-refractivity contribution in [3.05, 3.63) is 27.7 Å². The van der Waals surface area contributed by atoms with Gasteiger partial charge in [-0.3, -0.25) is 4.79 Å². The van der Waals surface area contributed by atoms with Gasteiger partial charge in [-0.1, -0.05) is 23.2 Å². The van der Waals surface area contributed by atoms with Crippen LogP contribution in [0.3, 0.4) is 0 Å². The van der Waals surface area contributed by atoms with Crippen LogP contribution in [0.2, 0.25) is 10.0 Å². The summed E-state index contributed by atoms with van der Waals surface area (Å²) in [6.45, 7) is 2.16. The lowest BCUT2D eigenvalue weighted by molar-refractivity contribution is -0.127. The second-order valence-corrected chi connectivity index (χ2v) is 5.80. The molecule has 0 heterocycles. The Morgan fingerprint density at radius 1 is 1.50 bits per heavy atom. The van der Waals surface area contributed by atoms with Crippen LogP contribution in [0.4, 0.5) is 0 Å². The Morgan fingerprint density at radius 2 is 2.20 bits per heavy atom. The van der Waals surface area contributed by atoms with Crippen molar-refractivity contribution in [1.29, 1.82) is 0 Å². The molecular formula is C14H18Cl2N2O2. The van der Waals surface area contributed by atoms with Crippen molar-refractivity contribution in [2.45, 2.75) is 38.3 Å². The molecule has 110 valence electrons. The zero-order valence-corrected chi connectivity index (χ0v) is 12.8. The summed E-state index contributed by atoms with van der Waals surface area (Å²) in [5, 5.41) is 3.82. The highest BCUT2D eigenvalue weighted by atomic mass is 35.5. The van der Waals surface area contributed by atoms with Gasteiger partial charge in [-0.2, -0.15) is 0 Å². The molecule has 0 radical (unpaired) electrons. The van der Waals surface area contributed by atoms with Crippen molar-refractivity contribution in [2.24, 2.45) is 5.73 Å². The quantitative estimate of drug-likeness (QED) is 0.847. The van der Waals surface area contributed by atoms with Gasteiger partial charge in [0.2, 0.25) is 0 Å². The molecule has 1 aromatic carbocycles. The molecule has 1 amide bonds. The number of carbonyl (C=O) groups is 1. The van der Waals surface area contributed by atoms with Gasteiger partial charge >= 0.3 is 0 Å². The van der Waals surface area contributed by atoms with Gasteiger partial charge < -0.3 is 15.8 Å². The van der Waals surface area contributed by atoms with Crippen LogP contribution in [0.1, 0.15) is 25.3 Å². The Morgan fingerprint density at radius 3 is 2.80 bits per heavy atom. The van der Waals surface area contributed by atoms with E-state index in [2.05, 4.69) is 5.32 Å². The van der Waals surface area contributed by atoms with Crippen LogP contribution in [0.5, 0.6) is 5.75 Å². The topological polar surface area (TPSA) is 64.3 Å². The molecule has 2 rings (SSSR count). The van der Waals surface area contributed by atoms with Gasteiger partial charge in [0.05, 0.1) is 5.02 Å². The van der Waals surface area contributed by atoms with Crippen LogP contribution in [0.25, 0.3) is 0 Å². The van der Waals surface area contributed by atoms with Crippen LogP contribution in [-0.2, 0) is 11.2 Å². The molecule has 0 spiro atoms. The van der Waals surface area contributed by atoms with E-state index in [1.165, 1.54) is 0 Å². The van der Waals surface area contributed by atoms with E-state index in [4.69, 9.17) is 33.7 Å². The van der Waals surface area contributed by atoms with Crippen molar-refractivity contribution in [2.75, 3.05) is 6.54 Å². The summed E-state index contributed by atoms with van der Waals surface area (Å²) < 4.78 is 5.72. The largest absolute Gasteiger partial charge is 0.479 e. The molecule has 20 heavy (non-hydrogen) atoms. The first-order chi connectivity index (χ1) is 9.51. The van der Waals surface area contributed by atoms with Crippen LogP contribution < -0.4 is 15.8 Å². The number of benzene rings is 1. The molecule has 1 unspecified atom stereocenters. The van der Waals surface area contributed by atoms with Gasteiger partial charge in [-0.05, 0) is 50.4 Å². The molecule has 6 heteroatoms. The molecule has 1 aromatic rings. The van der Waals surface area contributed by atoms with E-state index in [9.17, 15) is 4.79 Å². The third-order valence-corrected chi connectivity index (χ3v) is 3.59. The molecule has 1 aliphatic carbocycles. The molecule has 0 aromatic heterocycles. The summed E-state index contributed by atoms with van der Waals surface area (Å²) >= 11 is 12.1. The normalized spacial score (nSPS) is 15.8. The Kier molecular flexibility index (Phi) is 5.13. The highest BCUT2D eigenvalue weighted by Gasteiger charge is 2.27. The Labute approximate surface area is 128 Å². The summed E-state index contributed by atoms with van der Waals surface area (Å²) in [6.07, 6.45) is 2.06. The Bertz CT molecular complexity index is 504. The van der Waals surface area contributed by atoms with Crippen molar-refractivity contribution in [3.8, 4) is 5.75 Å². The number of ether oxygens (including phenoxy) is 1. The first-order valence-electron chi connectivity index (χ1n) is 6.66.